The Labute approximate surface area is 158 Å². The van der Waals surface area contributed by atoms with Crippen molar-refractivity contribution in [1.82, 2.24) is 14.8 Å². The van der Waals surface area contributed by atoms with E-state index in [9.17, 15) is 4.39 Å². The van der Waals surface area contributed by atoms with Gasteiger partial charge in [-0.05, 0) is 35.6 Å². The number of nitrogens with zero attached hydrogens (tertiary/aromatic N) is 3. The lowest BCUT2D eigenvalue weighted by Gasteiger charge is -2.19. The second-order valence-electron chi connectivity index (χ2n) is 7.50. The van der Waals surface area contributed by atoms with Crippen molar-refractivity contribution in [1.29, 1.82) is 0 Å². The van der Waals surface area contributed by atoms with E-state index in [2.05, 4.69) is 62.2 Å². The van der Waals surface area contributed by atoms with Gasteiger partial charge in [0.1, 0.15) is 5.82 Å². The molecule has 0 aliphatic heterocycles. The van der Waals surface area contributed by atoms with Crippen molar-refractivity contribution in [2.75, 3.05) is 0 Å². The Morgan fingerprint density at radius 2 is 1.58 bits per heavy atom. The normalized spacial score (nSPS) is 13.0. The first-order chi connectivity index (χ1) is 12.3. The number of benzene rings is 2. The minimum absolute atomic E-state index is 0.129. The first-order valence-electron chi connectivity index (χ1n) is 8.68. The van der Waals surface area contributed by atoms with Gasteiger partial charge in [-0.15, -0.1) is 10.2 Å². The van der Waals surface area contributed by atoms with Crippen LogP contribution in [0.2, 0.25) is 0 Å². The first-order valence-corrected chi connectivity index (χ1v) is 9.56. The van der Waals surface area contributed by atoms with Gasteiger partial charge in [0.15, 0.2) is 11.0 Å². The fourth-order valence-corrected chi connectivity index (χ4v) is 3.69. The summed E-state index contributed by atoms with van der Waals surface area (Å²) in [7, 11) is 1.98. The number of hydrogen-bond acceptors (Lipinski definition) is 3. The Kier molecular flexibility index (Phi) is 5.19. The van der Waals surface area contributed by atoms with Crippen molar-refractivity contribution < 1.29 is 4.39 Å². The largest absolute Gasteiger partial charge is 0.305 e. The van der Waals surface area contributed by atoms with E-state index in [0.29, 0.717) is 0 Å². The molecule has 3 aromatic rings. The molecule has 1 heterocycles. The second-order valence-corrected chi connectivity index (χ2v) is 8.81. The summed E-state index contributed by atoms with van der Waals surface area (Å²) < 4.78 is 15.1. The average molecular weight is 370 g/mol. The van der Waals surface area contributed by atoms with Gasteiger partial charge < -0.3 is 4.57 Å². The molecule has 0 radical (unpaired) electrons. The van der Waals surface area contributed by atoms with Crippen molar-refractivity contribution in [3.63, 3.8) is 0 Å². The van der Waals surface area contributed by atoms with Crippen molar-refractivity contribution in [3.05, 3.63) is 65.5 Å². The fraction of sp³-hybridized carbons (Fsp3) is 0.333. The number of rotatable bonds is 4. The minimum atomic E-state index is -0.217. The van der Waals surface area contributed by atoms with Gasteiger partial charge in [0.25, 0.3) is 0 Å². The molecule has 0 unspecified atom stereocenters. The Balaban J connectivity index is 1.80. The molecule has 0 bridgehead atoms. The van der Waals surface area contributed by atoms with Crippen LogP contribution in [0.5, 0.6) is 0 Å². The Morgan fingerprint density at radius 1 is 0.962 bits per heavy atom. The van der Waals surface area contributed by atoms with Crippen LogP contribution in [0.1, 0.15) is 44.1 Å². The maximum Gasteiger partial charge on any atom is 0.191 e. The Hall–Kier alpha value is -2.14. The van der Waals surface area contributed by atoms with Crippen LogP contribution in [0.4, 0.5) is 4.39 Å². The number of halogens is 1. The maximum atomic E-state index is 13.1. The number of hydrogen-bond donors (Lipinski definition) is 0. The molecular formula is C21H24FN3S. The van der Waals surface area contributed by atoms with Gasteiger partial charge in [-0.3, -0.25) is 0 Å². The number of thioether (sulfide) groups is 1. The summed E-state index contributed by atoms with van der Waals surface area (Å²) in [6.45, 7) is 8.70. The molecule has 0 saturated carbocycles. The van der Waals surface area contributed by atoms with Crippen molar-refractivity contribution in [2.24, 2.45) is 7.05 Å². The highest BCUT2D eigenvalue weighted by molar-refractivity contribution is 7.99. The van der Waals surface area contributed by atoms with E-state index in [0.717, 1.165) is 22.1 Å². The molecule has 0 saturated heterocycles. The highest BCUT2D eigenvalue weighted by Gasteiger charge is 2.17. The zero-order chi connectivity index (χ0) is 18.9. The lowest BCUT2D eigenvalue weighted by atomic mass is 9.87. The molecule has 5 heteroatoms. The lowest BCUT2D eigenvalue weighted by Crippen LogP contribution is -2.10. The van der Waals surface area contributed by atoms with Crippen LogP contribution in [0.15, 0.2) is 53.7 Å². The van der Waals surface area contributed by atoms with E-state index in [1.165, 1.54) is 17.7 Å². The van der Waals surface area contributed by atoms with E-state index < -0.39 is 0 Å². The zero-order valence-corrected chi connectivity index (χ0v) is 16.6. The Morgan fingerprint density at radius 3 is 2.15 bits per heavy atom. The molecule has 0 aliphatic rings. The SMILES string of the molecule is C[C@H](Sc1nnc(-c2ccc(C(C)(C)C)cc2)n1C)c1ccc(F)cc1. The predicted octanol–water partition coefficient (Wildman–Crippen LogP) is 5.77. The van der Waals surface area contributed by atoms with Crippen LogP contribution < -0.4 is 0 Å². The summed E-state index contributed by atoms with van der Waals surface area (Å²) in [5.74, 6) is 0.630. The monoisotopic (exact) mass is 369 g/mol. The second kappa shape index (κ2) is 7.23. The summed E-state index contributed by atoms with van der Waals surface area (Å²) in [4.78, 5) is 0. The van der Waals surface area contributed by atoms with E-state index in [4.69, 9.17) is 0 Å². The third kappa shape index (κ3) is 3.98. The molecule has 0 fully saturated rings. The topological polar surface area (TPSA) is 30.7 Å². The summed E-state index contributed by atoms with van der Waals surface area (Å²) >= 11 is 1.62. The smallest absolute Gasteiger partial charge is 0.191 e. The fourth-order valence-electron chi connectivity index (χ4n) is 2.75. The third-order valence-corrected chi connectivity index (χ3v) is 5.66. The summed E-state index contributed by atoms with van der Waals surface area (Å²) in [5, 5.41) is 9.72. The molecule has 1 atom stereocenters. The molecule has 3 rings (SSSR count). The van der Waals surface area contributed by atoms with Crippen molar-refractivity contribution >= 4 is 11.8 Å². The van der Waals surface area contributed by atoms with E-state index in [1.54, 1.807) is 11.8 Å². The van der Waals surface area contributed by atoms with Gasteiger partial charge in [-0.1, -0.05) is 68.9 Å². The van der Waals surface area contributed by atoms with E-state index in [1.807, 2.05) is 23.7 Å². The lowest BCUT2D eigenvalue weighted by molar-refractivity contribution is 0.590. The highest BCUT2D eigenvalue weighted by atomic mass is 32.2. The van der Waals surface area contributed by atoms with Crippen LogP contribution in [0, 0.1) is 5.82 Å². The van der Waals surface area contributed by atoms with Crippen LogP contribution >= 0.6 is 11.8 Å². The third-order valence-electron chi connectivity index (χ3n) is 4.47. The van der Waals surface area contributed by atoms with Gasteiger partial charge in [-0.25, -0.2) is 4.39 Å². The van der Waals surface area contributed by atoms with Gasteiger partial charge in [0.2, 0.25) is 0 Å². The van der Waals surface area contributed by atoms with Gasteiger partial charge >= 0.3 is 0 Å². The molecular weight excluding hydrogens is 345 g/mol. The highest BCUT2D eigenvalue weighted by Crippen LogP contribution is 2.35. The van der Waals surface area contributed by atoms with Gasteiger partial charge in [0.05, 0.1) is 0 Å². The molecule has 2 aromatic carbocycles. The van der Waals surface area contributed by atoms with Crippen LogP contribution in [-0.2, 0) is 12.5 Å². The quantitative estimate of drug-likeness (QED) is 0.547. The molecule has 0 spiro atoms. The minimum Gasteiger partial charge on any atom is -0.305 e. The number of aromatic nitrogens is 3. The molecule has 136 valence electrons. The van der Waals surface area contributed by atoms with Crippen LogP contribution in [0.25, 0.3) is 11.4 Å². The first kappa shape index (κ1) is 18.6. The standard InChI is InChI=1S/C21H24FN3S/c1-14(15-8-12-18(22)13-9-15)26-20-24-23-19(25(20)5)16-6-10-17(11-7-16)21(2,3)4/h6-14H,1-5H3/t14-/m0/s1. The maximum absolute atomic E-state index is 13.1. The molecule has 26 heavy (non-hydrogen) atoms. The average Bonchev–Trinajstić information content (AvgIpc) is 2.95. The van der Waals surface area contributed by atoms with Gasteiger partial charge in [0, 0.05) is 17.9 Å². The van der Waals surface area contributed by atoms with Gasteiger partial charge in [-0.2, -0.15) is 0 Å². The van der Waals surface area contributed by atoms with Crippen LogP contribution in [-0.4, -0.2) is 14.8 Å². The zero-order valence-electron chi connectivity index (χ0n) is 15.8. The summed E-state index contributed by atoms with van der Waals surface area (Å²) in [6.07, 6.45) is 0. The summed E-state index contributed by atoms with van der Waals surface area (Å²) in [5.41, 5.74) is 3.54. The van der Waals surface area contributed by atoms with Crippen molar-refractivity contribution in [3.8, 4) is 11.4 Å². The molecule has 0 N–H and O–H groups in total. The van der Waals surface area contributed by atoms with E-state index in [-0.39, 0.29) is 16.5 Å². The molecule has 3 nitrogen and oxygen atoms in total. The van der Waals surface area contributed by atoms with E-state index >= 15 is 0 Å². The molecule has 0 amide bonds. The molecule has 1 aromatic heterocycles. The predicted molar refractivity (Wildman–Crippen MR) is 106 cm³/mol. The Bertz CT molecular complexity index is 877. The summed E-state index contributed by atoms with van der Waals surface area (Å²) in [6, 6.07) is 15.1. The van der Waals surface area contributed by atoms with Crippen LogP contribution in [0.3, 0.4) is 0 Å². The van der Waals surface area contributed by atoms with Crippen molar-refractivity contribution in [2.45, 2.75) is 43.5 Å². The molecule has 0 aliphatic carbocycles.